The summed E-state index contributed by atoms with van der Waals surface area (Å²) in [7, 11) is 0. The van der Waals surface area contributed by atoms with Gasteiger partial charge in [0.1, 0.15) is 12.4 Å². The van der Waals surface area contributed by atoms with Crippen LogP contribution in [0.1, 0.15) is 28.6 Å². The Bertz CT molecular complexity index is 728. The van der Waals surface area contributed by atoms with Crippen molar-refractivity contribution in [2.45, 2.75) is 26.0 Å². The Morgan fingerprint density at radius 3 is 2.83 bits per heavy atom. The molecule has 1 aromatic carbocycles. The standard InChI is InChI=1S/C18H19NO4S/c1-12-16(18(21)22)7-8-19(12)17(20)13-4-2-5-14(10-13)23-11-15-6-3-9-24-15/h2-6,9-10,12,16H,7-8,11H2,1H3,(H,21,22). The van der Waals surface area contributed by atoms with Gasteiger partial charge in [-0.3, -0.25) is 9.59 Å². The molecule has 0 aliphatic carbocycles. The number of carboxylic acids is 1. The summed E-state index contributed by atoms with van der Waals surface area (Å²) < 4.78 is 5.74. The van der Waals surface area contributed by atoms with E-state index < -0.39 is 11.9 Å². The van der Waals surface area contributed by atoms with Crippen LogP contribution in [0.3, 0.4) is 0 Å². The van der Waals surface area contributed by atoms with Crippen molar-refractivity contribution in [3.8, 4) is 5.75 Å². The number of rotatable bonds is 5. The second kappa shape index (κ2) is 7.05. The van der Waals surface area contributed by atoms with Crippen LogP contribution < -0.4 is 4.74 Å². The van der Waals surface area contributed by atoms with Crippen molar-refractivity contribution in [2.75, 3.05) is 6.54 Å². The van der Waals surface area contributed by atoms with Crippen molar-refractivity contribution < 1.29 is 19.4 Å². The van der Waals surface area contributed by atoms with E-state index >= 15 is 0 Å². The van der Waals surface area contributed by atoms with Crippen LogP contribution in [0.2, 0.25) is 0 Å². The van der Waals surface area contributed by atoms with Crippen molar-refractivity contribution in [3.05, 3.63) is 52.2 Å². The van der Waals surface area contributed by atoms with E-state index in [1.165, 1.54) is 0 Å². The molecule has 6 heteroatoms. The number of carboxylic acid groups (broad SMARTS) is 1. The van der Waals surface area contributed by atoms with Gasteiger partial charge >= 0.3 is 5.97 Å². The number of aliphatic carboxylic acids is 1. The fourth-order valence-corrected chi connectivity index (χ4v) is 3.61. The van der Waals surface area contributed by atoms with Crippen molar-refractivity contribution in [1.82, 2.24) is 4.90 Å². The van der Waals surface area contributed by atoms with E-state index in [0.717, 1.165) is 4.88 Å². The lowest BCUT2D eigenvalue weighted by Crippen LogP contribution is -2.37. The molecule has 126 valence electrons. The largest absolute Gasteiger partial charge is 0.488 e. The van der Waals surface area contributed by atoms with Gasteiger partial charge in [0, 0.05) is 23.0 Å². The lowest BCUT2D eigenvalue weighted by molar-refractivity contribution is -0.142. The molecule has 1 fully saturated rings. The zero-order valence-electron chi connectivity index (χ0n) is 13.3. The number of amides is 1. The van der Waals surface area contributed by atoms with E-state index in [2.05, 4.69) is 0 Å². The molecule has 5 nitrogen and oxygen atoms in total. The molecule has 2 heterocycles. The van der Waals surface area contributed by atoms with Crippen LogP contribution in [-0.2, 0) is 11.4 Å². The number of hydrogen-bond donors (Lipinski definition) is 1. The number of likely N-dealkylation sites (tertiary alicyclic amines) is 1. The first-order valence-corrected chi connectivity index (χ1v) is 8.73. The highest BCUT2D eigenvalue weighted by Crippen LogP contribution is 2.27. The Morgan fingerprint density at radius 1 is 1.33 bits per heavy atom. The number of carbonyl (C=O) groups excluding carboxylic acids is 1. The molecule has 1 aliphatic rings. The van der Waals surface area contributed by atoms with Gasteiger partial charge in [-0.05, 0) is 43.0 Å². The molecule has 2 atom stereocenters. The predicted molar refractivity (Wildman–Crippen MR) is 91.3 cm³/mol. The van der Waals surface area contributed by atoms with Crippen molar-refractivity contribution in [3.63, 3.8) is 0 Å². The van der Waals surface area contributed by atoms with Gasteiger partial charge in [-0.1, -0.05) is 12.1 Å². The number of nitrogens with zero attached hydrogens (tertiary/aromatic N) is 1. The topological polar surface area (TPSA) is 66.8 Å². The quantitative estimate of drug-likeness (QED) is 0.903. The summed E-state index contributed by atoms with van der Waals surface area (Å²) in [5, 5.41) is 11.2. The number of thiophene rings is 1. The first kappa shape index (κ1) is 16.5. The van der Waals surface area contributed by atoms with Gasteiger partial charge in [-0.15, -0.1) is 11.3 Å². The normalized spacial score (nSPS) is 20.1. The molecular weight excluding hydrogens is 326 g/mol. The molecule has 0 radical (unpaired) electrons. The summed E-state index contributed by atoms with van der Waals surface area (Å²) in [6, 6.07) is 10.7. The van der Waals surface area contributed by atoms with Crippen LogP contribution in [0.5, 0.6) is 5.75 Å². The summed E-state index contributed by atoms with van der Waals surface area (Å²) in [6.07, 6.45) is 0.497. The maximum Gasteiger partial charge on any atom is 0.308 e. The maximum absolute atomic E-state index is 12.7. The minimum atomic E-state index is -0.842. The fraction of sp³-hybridized carbons (Fsp3) is 0.333. The number of hydrogen-bond acceptors (Lipinski definition) is 4. The van der Waals surface area contributed by atoms with Crippen LogP contribution in [0, 0.1) is 5.92 Å². The minimum absolute atomic E-state index is 0.146. The van der Waals surface area contributed by atoms with Gasteiger partial charge in [0.25, 0.3) is 5.91 Å². The van der Waals surface area contributed by atoms with Gasteiger partial charge in [0.05, 0.1) is 5.92 Å². The molecule has 1 aromatic heterocycles. The molecule has 0 spiro atoms. The van der Waals surface area contributed by atoms with E-state index in [-0.39, 0.29) is 11.9 Å². The van der Waals surface area contributed by atoms with Gasteiger partial charge < -0.3 is 14.7 Å². The molecule has 1 amide bonds. The predicted octanol–water partition coefficient (Wildman–Crippen LogP) is 3.26. The smallest absolute Gasteiger partial charge is 0.308 e. The lowest BCUT2D eigenvalue weighted by Gasteiger charge is -2.23. The van der Waals surface area contributed by atoms with E-state index in [9.17, 15) is 14.7 Å². The molecule has 2 aromatic rings. The Hall–Kier alpha value is -2.34. The SMILES string of the molecule is CC1C(C(=O)O)CCN1C(=O)c1cccc(OCc2cccs2)c1. The highest BCUT2D eigenvalue weighted by Gasteiger charge is 2.38. The summed E-state index contributed by atoms with van der Waals surface area (Å²) in [6.45, 7) is 2.73. The molecule has 24 heavy (non-hydrogen) atoms. The van der Waals surface area contributed by atoms with E-state index in [0.29, 0.717) is 30.9 Å². The second-order valence-electron chi connectivity index (χ2n) is 5.87. The number of carbonyl (C=O) groups is 2. The molecular formula is C18H19NO4S. The molecule has 3 rings (SSSR count). The molecule has 0 saturated carbocycles. The van der Waals surface area contributed by atoms with Crippen molar-refractivity contribution in [1.29, 1.82) is 0 Å². The van der Waals surface area contributed by atoms with Gasteiger partial charge in [-0.25, -0.2) is 0 Å². The Balaban J connectivity index is 1.69. The average Bonchev–Trinajstić information content (AvgIpc) is 3.22. The second-order valence-corrected chi connectivity index (χ2v) is 6.90. The lowest BCUT2D eigenvalue weighted by atomic mass is 10.0. The van der Waals surface area contributed by atoms with E-state index in [1.54, 1.807) is 41.4 Å². The van der Waals surface area contributed by atoms with Crippen LogP contribution in [0.15, 0.2) is 41.8 Å². The summed E-state index contributed by atoms with van der Waals surface area (Å²) in [4.78, 5) is 26.7. The maximum atomic E-state index is 12.7. The third-order valence-corrected chi connectivity index (χ3v) is 5.23. The van der Waals surface area contributed by atoms with Crippen LogP contribution in [-0.4, -0.2) is 34.5 Å². The first-order valence-electron chi connectivity index (χ1n) is 7.85. The van der Waals surface area contributed by atoms with Gasteiger partial charge in [0.2, 0.25) is 0 Å². The van der Waals surface area contributed by atoms with E-state index in [4.69, 9.17) is 4.74 Å². The molecule has 1 aliphatic heterocycles. The zero-order valence-corrected chi connectivity index (χ0v) is 14.2. The first-order chi connectivity index (χ1) is 11.6. The third-order valence-electron chi connectivity index (χ3n) is 4.38. The zero-order chi connectivity index (χ0) is 17.1. The third kappa shape index (κ3) is 3.43. The molecule has 0 bridgehead atoms. The van der Waals surface area contributed by atoms with Crippen molar-refractivity contribution in [2.24, 2.45) is 5.92 Å². The minimum Gasteiger partial charge on any atom is -0.488 e. The Labute approximate surface area is 144 Å². The summed E-state index contributed by atoms with van der Waals surface area (Å²) in [5.74, 6) is -0.846. The number of ether oxygens (including phenoxy) is 1. The van der Waals surface area contributed by atoms with E-state index in [1.807, 2.05) is 23.6 Å². The van der Waals surface area contributed by atoms with Crippen LogP contribution >= 0.6 is 11.3 Å². The Morgan fingerprint density at radius 2 is 2.17 bits per heavy atom. The highest BCUT2D eigenvalue weighted by molar-refractivity contribution is 7.09. The Kier molecular flexibility index (Phi) is 4.85. The highest BCUT2D eigenvalue weighted by atomic mass is 32.1. The summed E-state index contributed by atoms with van der Waals surface area (Å²) in [5.41, 5.74) is 0.525. The summed E-state index contributed by atoms with van der Waals surface area (Å²) >= 11 is 1.62. The monoisotopic (exact) mass is 345 g/mol. The molecule has 2 unspecified atom stereocenters. The van der Waals surface area contributed by atoms with Crippen LogP contribution in [0.4, 0.5) is 0 Å². The number of benzene rings is 1. The van der Waals surface area contributed by atoms with Gasteiger partial charge in [0.15, 0.2) is 0 Å². The van der Waals surface area contributed by atoms with Gasteiger partial charge in [-0.2, -0.15) is 0 Å². The van der Waals surface area contributed by atoms with Crippen molar-refractivity contribution >= 4 is 23.2 Å². The molecule has 1 saturated heterocycles. The average molecular weight is 345 g/mol. The fourth-order valence-electron chi connectivity index (χ4n) is 2.99. The van der Waals surface area contributed by atoms with Crippen LogP contribution in [0.25, 0.3) is 0 Å². The molecule has 1 N–H and O–H groups in total.